The van der Waals surface area contributed by atoms with Crippen LogP contribution in [0.2, 0.25) is 0 Å². The van der Waals surface area contributed by atoms with E-state index in [1.54, 1.807) is 6.20 Å². The normalized spacial score (nSPS) is 12.7. The molecule has 3 aromatic heterocycles. The molecular weight excluding hydrogens is 400 g/mol. The van der Waals surface area contributed by atoms with Crippen molar-refractivity contribution < 1.29 is 4.79 Å². The Labute approximate surface area is 186 Å². The molecule has 0 spiro atoms. The lowest BCUT2D eigenvalue weighted by Gasteiger charge is -2.13. The Bertz CT molecular complexity index is 1240. The first-order valence-electron chi connectivity index (χ1n) is 10.8. The highest BCUT2D eigenvalue weighted by Gasteiger charge is 2.28. The van der Waals surface area contributed by atoms with Crippen LogP contribution in [0.5, 0.6) is 0 Å². The first kappa shape index (κ1) is 20.1. The summed E-state index contributed by atoms with van der Waals surface area (Å²) in [5, 5.41) is 4.79. The average Bonchev–Trinajstić information content (AvgIpc) is 3.46. The van der Waals surface area contributed by atoms with E-state index in [9.17, 15) is 4.79 Å². The van der Waals surface area contributed by atoms with Crippen molar-refractivity contribution in [3.63, 3.8) is 0 Å². The summed E-state index contributed by atoms with van der Waals surface area (Å²) in [5.41, 5.74) is 5.77. The molecular formula is C25H24N6O. The first-order valence-corrected chi connectivity index (χ1v) is 10.8. The number of carbonyl (C=O) groups excluding carboxylic acids is 1. The van der Waals surface area contributed by atoms with Crippen molar-refractivity contribution in [1.82, 2.24) is 29.6 Å². The summed E-state index contributed by atoms with van der Waals surface area (Å²) in [6.07, 6.45) is 6.68. The van der Waals surface area contributed by atoms with Crippen LogP contribution in [0.3, 0.4) is 0 Å². The van der Waals surface area contributed by atoms with Crippen LogP contribution >= 0.6 is 0 Å². The van der Waals surface area contributed by atoms with Crippen LogP contribution < -0.4 is 0 Å². The van der Waals surface area contributed by atoms with Gasteiger partial charge in [-0.05, 0) is 23.3 Å². The van der Waals surface area contributed by atoms with E-state index in [0.29, 0.717) is 32.5 Å². The van der Waals surface area contributed by atoms with Crippen LogP contribution in [-0.2, 0) is 30.8 Å². The van der Waals surface area contributed by atoms with Crippen LogP contribution in [0, 0.1) is 0 Å². The standard InChI is InChI=1S/C25H24N6O/c1-2-24(32)30-16-20-22(17-30)27-23(13-18-7-4-3-5-8-18)28-25(20)21-10-12-31(29-21)15-19-9-6-11-26-14-19/h3-12,14H,2,13,15-17H2,1H3. The molecule has 1 amide bonds. The smallest absolute Gasteiger partial charge is 0.222 e. The number of rotatable bonds is 6. The summed E-state index contributed by atoms with van der Waals surface area (Å²) in [4.78, 5) is 28.1. The van der Waals surface area contributed by atoms with Crippen molar-refractivity contribution in [3.8, 4) is 11.4 Å². The molecule has 4 heterocycles. The fourth-order valence-electron chi connectivity index (χ4n) is 4.03. The predicted molar refractivity (Wildman–Crippen MR) is 120 cm³/mol. The SMILES string of the molecule is CCC(=O)N1Cc2nc(Cc3ccccc3)nc(-c3ccn(Cc4cccnc4)n3)c2C1. The van der Waals surface area contributed by atoms with E-state index < -0.39 is 0 Å². The highest BCUT2D eigenvalue weighted by Crippen LogP contribution is 2.30. The Morgan fingerprint density at radius 3 is 2.62 bits per heavy atom. The largest absolute Gasteiger partial charge is 0.332 e. The fraction of sp³-hybridized carbons (Fsp3) is 0.240. The number of nitrogens with zero attached hydrogens (tertiary/aromatic N) is 6. The second-order valence-electron chi connectivity index (χ2n) is 7.94. The molecule has 0 N–H and O–H groups in total. The highest BCUT2D eigenvalue weighted by molar-refractivity contribution is 5.77. The van der Waals surface area contributed by atoms with Crippen molar-refractivity contribution >= 4 is 5.91 Å². The molecule has 0 radical (unpaired) electrons. The number of carbonyl (C=O) groups is 1. The molecule has 1 aliphatic heterocycles. The zero-order chi connectivity index (χ0) is 21.9. The highest BCUT2D eigenvalue weighted by atomic mass is 16.2. The number of pyridine rings is 1. The number of fused-ring (bicyclic) bond motifs is 1. The second-order valence-corrected chi connectivity index (χ2v) is 7.94. The molecule has 0 atom stereocenters. The lowest BCUT2D eigenvalue weighted by Crippen LogP contribution is -2.24. The Kier molecular flexibility index (Phi) is 5.46. The Balaban J connectivity index is 1.50. The molecule has 0 bridgehead atoms. The minimum atomic E-state index is 0.126. The van der Waals surface area contributed by atoms with Gasteiger partial charge in [0.15, 0.2) is 0 Å². The molecule has 7 heteroatoms. The van der Waals surface area contributed by atoms with Crippen molar-refractivity contribution in [2.24, 2.45) is 0 Å². The van der Waals surface area contributed by atoms with Crippen LogP contribution in [-0.4, -0.2) is 35.5 Å². The third-order valence-electron chi connectivity index (χ3n) is 5.64. The molecule has 0 aliphatic carbocycles. The molecule has 32 heavy (non-hydrogen) atoms. The minimum Gasteiger partial charge on any atom is -0.332 e. The quantitative estimate of drug-likeness (QED) is 0.472. The van der Waals surface area contributed by atoms with Gasteiger partial charge in [-0.2, -0.15) is 5.10 Å². The van der Waals surface area contributed by atoms with Gasteiger partial charge < -0.3 is 4.90 Å². The summed E-state index contributed by atoms with van der Waals surface area (Å²) >= 11 is 0. The van der Waals surface area contributed by atoms with Gasteiger partial charge in [0.25, 0.3) is 0 Å². The summed E-state index contributed by atoms with van der Waals surface area (Å²) in [6.45, 7) is 3.57. The van der Waals surface area contributed by atoms with Crippen molar-refractivity contribution in [3.05, 3.63) is 95.3 Å². The van der Waals surface area contributed by atoms with Gasteiger partial charge in [0, 0.05) is 37.0 Å². The van der Waals surface area contributed by atoms with Gasteiger partial charge in [-0.15, -0.1) is 0 Å². The number of hydrogen-bond acceptors (Lipinski definition) is 5. The minimum absolute atomic E-state index is 0.126. The molecule has 1 aliphatic rings. The van der Waals surface area contributed by atoms with E-state index in [-0.39, 0.29) is 5.91 Å². The molecule has 0 unspecified atom stereocenters. The summed E-state index contributed by atoms with van der Waals surface area (Å²) in [7, 11) is 0. The first-order chi connectivity index (χ1) is 15.7. The van der Waals surface area contributed by atoms with Crippen LogP contribution in [0.25, 0.3) is 11.4 Å². The maximum Gasteiger partial charge on any atom is 0.222 e. The third kappa shape index (κ3) is 4.14. The van der Waals surface area contributed by atoms with E-state index in [1.807, 2.05) is 65.3 Å². The van der Waals surface area contributed by atoms with Gasteiger partial charge in [-0.25, -0.2) is 9.97 Å². The molecule has 0 saturated heterocycles. The lowest BCUT2D eigenvalue weighted by molar-refractivity contribution is -0.131. The van der Waals surface area contributed by atoms with Crippen molar-refractivity contribution in [1.29, 1.82) is 0 Å². The van der Waals surface area contributed by atoms with E-state index in [2.05, 4.69) is 17.1 Å². The number of hydrogen-bond donors (Lipinski definition) is 0. The molecule has 7 nitrogen and oxygen atoms in total. The average molecular weight is 425 g/mol. The summed E-state index contributed by atoms with van der Waals surface area (Å²) < 4.78 is 1.89. The zero-order valence-corrected chi connectivity index (χ0v) is 18.0. The maximum absolute atomic E-state index is 12.4. The fourth-order valence-corrected chi connectivity index (χ4v) is 4.03. The van der Waals surface area contributed by atoms with Gasteiger partial charge >= 0.3 is 0 Å². The van der Waals surface area contributed by atoms with Gasteiger partial charge in [0.2, 0.25) is 5.91 Å². The van der Waals surface area contributed by atoms with Crippen LogP contribution in [0.15, 0.2) is 67.1 Å². The molecule has 5 rings (SSSR count). The number of amides is 1. The molecule has 0 saturated carbocycles. The Morgan fingerprint density at radius 1 is 1.00 bits per heavy atom. The molecule has 160 valence electrons. The molecule has 1 aromatic carbocycles. The molecule has 0 fully saturated rings. The monoisotopic (exact) mass is 424 g/mol. The summed E-state index contributed by atoms with van der Waals surface area (Å²) in [6, 6.07) is 16.1. The third-order valence-corrected chi connectivity index (χ3v) is 5.64. The molecule has 4 aromatic rings. The maximum atomic E-state index is 12.4. The van der Waals surface area contributed by atoms with Crippen LogP contribution in [0.1, 0.15) is 41.6 Å². The predicted octanol–water partition coefficient (Wildman–Crippen LogP) is 3.63. The lowest BCUT2D eigenvalue weighted by atomic mass is 10.1. The van der Waals surface area contributed by atoms with E-state index in [4.69, 9.17) is 15.1 Å². The second kappa shape index (κ2) is 8.70. The van der Waals surface area contributed by atoms with Crippen molar-refractivity contribution in [2.75, 3.05) is 0 Å². The number of aromatic nitrogens is 5. The van der Waals surface area contributed by atoms with Gasteiger partial charge in [0.05, 0.1) is 31.0 Å². The van der Waals surface area contributed by atoms with Crippen LogP contribution in [0.4, 0.5) is 0 Å². The van der Waals surface area contributed by atoms with E-state index in [1.165, 1.54) is 0 Å². The van der Waals surface area contributed by atoms with E-state index >= 15 is 0 Å². The summed E-state index contributed by atoms with van der Waals surface area (Å²) in [5.74, 6) is 0.873. The zero-order valence-electron chi connectivity index (χ0n) is 18.0. The van der Waals surface area contributed by atoms with Gasteiger partial charge in [-0.1, -0.05) is 43.3 Å². The Hall–Kier alpha value is -3.87. The Morgan fingerprint density at radius 2 is 1.84 bits per heavy atom. The van der Waals surface area contributed by atoms with Gasteiger partial charge in [0.1, 0.15) is 11.5 Å². The van der Waals surface area contributed by atoms with Gasteiger partial charge in [-0.3, -0.25) is 14.5 Å². The number of benzene rings is 1. The topological polar surface area (TPSA) is 76.8 Å². The van der Waals surface area contributed by atoms with E-state index in [0.717, 1.165) is 39.6 Å². The van der Waals surface area contributed by atoms with Crippen molar-refractivity contribution in [2.45, 2.75) is 39.4 Å².